The van der Waals surface area contributed by atoms with Crippen molar-refractivity contribution in [2.24, 2.45) is 11.3 Å². The van der Waals surface area contributed by atoms with E-state index in [1.54, 1.807) is 0 Å². The summed E-state index contributed by atoms with van der Waals surface area (Å²) in [7, 11) is 0. The van der Waals surface area contributed by atoms with E-state index >= 15 is 0 Å². The van der Waals surface area contributed by atoms with Crippen molar-refractivity contribution in [1.82, 2.24) is 14.7 Å². The van der Waals surface area contributed by atoms with Crippen LogP contribution >= 0.6 is 0 Å². The smallest absolute Gasteiger partial charge is 0.228 e. The third-order valence-corrected chi connectivity index (χ3v) is 7.25. The Morgan fingerprint density at radius 3 is 2.28 bits per heavy atom. The van der Waals surface area contributed by atoms with Gasteiger partial charge in [-0.05, 0) is 50.3 Å². The van der Waals surface area contributed by atoms with Crippen LogP contribution in [0.25, 0.3) is 0 Å². The van der Waals surface area contributed by atoms with Crippen LogP contribution in [0.2, 0.25) is 0 Å². The Balaban J connectivity index is 1.22. The van der Waals surface area contributed by atoms with Crippen molar-refractivity contribution >= 4 is 5.91 Å². The zero-order valence-corrected chi connectivity index (χ0v) is 18.0. The lowest BCUT2D eigenvalue weighted by atomic mass is 9.78. The molecular formula is C24H37N3O2. The zero-order chi connectivity index (χ0) is 20.1. The van der Waals surface area contributed by atoms with Gasteiger partial charge in [0.2, 0.25) is 5.91 Å². The summed E-state index contributed by atoms with van der Waals surface area (Å²) >= 11 is 0. The van der Waals surface area contributed by atoms with Gasteiger partial charge in [-0.1, -0.05) is 37.3 Å². The van der Waals surface area contributed by atoms with Gasteiger partial charge in [-0.15, -0.1) is 0 Å². The average Bonchev–Trinajstić information content (AvgIpc) is 2.77. The van der Waals surface area contributed by atoms with Crippen molar-refractivity contribution in [3.05, 3.63) is 35.9 Å². The second-order valence-electron chi connectivity index (χ2n) is 9.47. The number of benzene rings is 1. The lowest BCUT2D eigenvalue weighted by molar-refractivity contribution is -0.145. The molecule has 5 nitrogen and oxygen atoms in total. The molecule has 5 heteroatoms. The fourth-order valence-electron chi connectivity index (χ4n) is 5.11. The molecule has 4 rings (SSSR count). The Labute approximate surface area is 176 Å². The normalized spacial score (nSPS) is 24.5. The Bertz CT molecular complexity index is 643. The first-order valence-corrected chi connectivity index (χ1v) is 11.5. The molecule has 3 saturated heterocycles. The van der Waals surface area contributed by atoms with Crippen molar-refractivity contribution in [3.63, 3.8) is 0 Å². The standard InChI is InChI=1S/C24H37N3O2/c1-24(9-13-25(14-10-24)19-21-5-3-2-4-6-21)23(28)27-11-7-22(8-12-27)20-26-15-17-29-18-16-26/h2-6,22H,7-20H2,1H3. The molecule has 0 N–H and O–H groups in total. The van der Waals surface area contributed by atoms with Crippen LogP contribution < -0.4 is 0 Å². The van der Waals surface area contributed by atoms with E-state index in [2.05, 4.69) is 52.0 Å². The molecule has 0 radical (unpaired) electrons. The number of hydrogen-bond donors (Lipinski definition) is 0. The van der Waals surface area contributed by atoms with E-state index in [0.29, 0.717) is 5.91 Å². The predicted molar refractivity (Wildman–Crippen MR) is 116 cm³/mol. The first kappa shape index (κ1) is 20.8. The minimum atomic E-state index is -0.176. The van der Waals surface area contributed by atoms with E-state index in [1.807, 2.05) is 0 Å². The summed E-state index contributed by atoms with van der Waals surface area (Å²) in [5.74, 6) is 1.14. The van der Waals surface area contributed by atoms with Crippen molar-refractivity contribution in [2.75, 3.05) is 59.0 Å². The maximum Gasteiger partial charge on any atom is 0.228 e. The molecule has 1 aromatic carbocycles. The van der Waals surface area contributed by atoms with Gasteiger partial charge in [-0.2, -0.15) is 0 Å². The van der Waals surface area contributed by atoms with E-state index in [9.17, 15) is 4.79 Å². The van der Waals surface area contributed by atoms with Crippen LogP contribution in [0.15, 0.2) is 30.3 Å². The lowest BCUT2D eigenvalue weighted by Crippen LogP contribution is -2.51. The van der Waals surface area contributed by atoms with E-state index in [-0.39, 0.29) is 5.41 Å². The fraction of sp³-hybridized carbons (Fsp3) is 0.708. The molecule has 0 spiro atoms. The monoisotopic (exact) mass is 399 g/mol. The van der Waals surface area contributed by atoms with E-state index in [1.165, 1.54) is 12.1 Å². The summed E-state index contributed by atoms with van der Waals surface area (Å²) in [5.41, 5.74) is 1.19. The Morgan fingerprint density at radius 1 is 0.966 bits per heavy atom. The molecule has 1 aromatic rings. The third kappa shape index (κ3) is 5.39. The van der Waals surface area contributed by atoms with Gasteiger partial charge in [-0.25, -0.2) is 0 Å². The molecule has 3 aliphatic heterocycles. The highest BCUT2D eigenvalue weighted by Crippen LogP contribution is 2.35. The van der Waals surface area contributed by atoms with Crippen LogP contribution in [0.3, 0.4) is 0 Å². The maximum absolute atomic E-state index is 13.3. The van der Waals surface area contributed by atoms with Crippen LogP contribution in [0, 0.1) is 11.3 Å². The Hall–Kier alpha value is -1.43. The van der Waals surface area contributed by atoms with Crippen LogP contribution in [0.4, 0.5) is 0 Å². The van der Waals surface area contributed by atoms with Gasteiger partial charge in [0.15, 0.2) is 0 Å². The molecule has 3 fully saturated rings. The number of hydrogen-bond acceptors (Lipinski definition) is 4. The topological polar surface area (TPSA) is 36.0 Å². The molecule has 0 aliphatic carbocycles. The fourth-order valence-corrected chi connectivity index (χ4v) is 5.11. The average molecular weight is 400 g/mol. The van der Waals surface area contributed by atoms with Crippen LogP contribution in [-0.4, -0.2) is 79.6 Å². The van der Waals surface area contributed by atoms with Gasteiger partial charge >= 0.3 is 0 Å². The van der Waals surface area contributed by atoms with Crippen molar-refractivity contribution in [2.45, 2.75) is 39.2 Å². The van der Waals surface area contributed by atoms with Gasteiger partial charge in [0.25, 0.3) is 0 Å². The zero-order valence-electron chi connectivity index (χ0n) is 18.0. The summed E-state index contributed by atoms with van der Waals surface area (Å²) in [6.07, 6.45) is 4.26. The Kier molecular flexibility index (Phi) is 6.88. The van der Waals surface area contributed by atoms with Gasteiger partial charge < -0.3 is 9.64 Å². The highest BCUT2D eigenvalue weighted by atomic mass is 16.5. The highest BCUT2D eigenvalue weighted by molar-refractivity contribution is 5.82. The number of nitrogens with zero attached hydrogens (tertiary/aromatic N) is 3. The van der Waals surface area contributed by atoms with Crippen molar-refractivity contribution in [1.29, 1.82) is 0 Å². The van der Waals surface area contributed by atoms with Gasteiger partial charge in [0.05, 0.1) is 13.2 Å². The molecule has 0 atom stereocenters. The van der Waals surface area contributed by atoms with Crippen molar-refractivity contribution in [3.8, 4) is 0 Å². The molecular weight excluding hydrogens is 362 g/mol. The predicted octanol–water partition coefficient (Wildman–Crippen LogP) is 2.86. The number of amides is 1. The number of ether oxygens (including phenoxy) is 1. The molecule has 160 valence electrons. The van der Waals surface area contributed by atoms with E-state index < -0.39 is 0 Å². The molecule has 1 amide bonds. The molecule has 3 heterocycles. The van der Waals surface area contributed by atoms with Gasteiger partial charge in [0.1, 0.15) is 0 Å². The number of carbonyl (C=O) groups is 1. The summed E-state index contributed by atoms with van der Waals surface area (Å²) in [6, 6.07) is 10.7. The summed E-state index contributed by atoms with van der Waals surface area (Å²) in [4.78, 5) is 20.5. The number of piperidine rings is 2. The number of morpholine rings is 1. The Morgan fingerprint density at radius 2 is 1.62 bits per heavy atom. The number of carbonyl (C=O) groups excluding carboxylic acids is 1. The summed E-state index contributed by atoms with van der Waals surface area (Å²) < 4.78 is 5.46. The van der Waals surface area contributed by atoms with Crippen molar-refractivity contribution < 1.29 is 9.53 Å². The first-order valence-electron chi connectivity index (χ1n) is 11.5. The molecule has 0 saturated carbocycles. The third-order valence-electron chi connectivity index (χ3n) is 7.25. The lowest BCUT2D eigenvalue weighted by Gasteiger charge is -2.43. The second kappa shape index (κ2) is 9.59. The largest absolute Gasteiger partial charge is 0.379 e. The number of rotatable bonds is 5. The molecule has 29 heavy (non-hydrogen) atoms. The first-order chi connectivity index (χ1) is 14.1. The van der Waals surface area contributed by atoms with Crippen LogP contribution in [-0.2, 0) is 16.1 Å². The summed E-state index contributed by atoms with van der Waals surface area (Å²) in [6.45, 7) is 12.2. The van der Waals surface area contributed by atoms with E-state index in [4.69, 9.17) is 4.74 Å². The van der Waals surface area contributed by atoms with E-state index in [0.717, 1.165) is 90.6 Å². The molecule has 0 unspecified atom stereocenters. The van der Waals surface area contributed by atoms with Crippen LogP contribution in [0.5, 0.6) is 0 Å². The minimum absolute atomic E-state index is 0.176. The summed E-state index contributed by atoms with van der Waals surface area (Å²) in [5, 5.41) is 0. The van der Waals surface area contributed by atoms with Gasteiger partial charge in [0, 0.05) is 44.7 Å². The molecule has 0 bridgehead atoms. The highest BCUT2D eigenvalue weighted by Gasteiger charge is 2.40. The molecule has 3 aliphatic rings. The molecule has 0 aromatic heterocycles. The minimum Gasteiger partial charge on any atom is -0.379 e. The van der Waals surface area contributed by atoms with Crippen LogP contribution in [0.1, 0.15) is 38.2 Å². The number of likely N-dealkylation sites (tertiary alicyclic amines) is 2. The van der Waals surface area contributed by atoms with Gasteiger partial charge in [-0.3, -0.25) is 14.6 Å². The second-order valence-corrected chi connectivity index (χ2v) is 9.47. The quantitative estimate of drug-likeness (QED) is 0.763. The SMILES string of the molecule is CC1(C(=O)N2CCC(CN3CCOCC3)CC2)CCN(Cc2ccccc2)CC1. The maximum atomic E-state index is 13.3.